The van der Waals surface area contributed by atoms with Crippen molar-refractivity contribution in [1.29, 1.82) is 0 Å². The highest BCUT2D eigenvalue weighted by Gasteiger charge is 2.17. The number of hydrogen-bond donors (Lipinski definition) is 1. The molecule has 1 aromatic carbocycles. The molecule has 8 heteroatoms. The number of aromatic nitrogens is 1. The molecule has 0 amide bonds. The van der Waals surface area contributed by atoms with Crippen molar-refractivity contribution < 1.29 is 18.7 Å². The van der Waals surface area contributed by atoms with E-state index in [1.54, 1.807) is 30.3 Å². The number of aromatic amines is 1. The summed E-state index contributed by atoms with van der Waals surface area (Å²) >= 11 is 7.31. The quantitative estimate of drug-likeness (QED) is 0.707. The number of rotatable bonds is 3. The van der Waals surface area contributed by atoms with E-state index >= 15 is 0 Å². The highest BCUT2D eigenvalue weighted by molar-refractivity contribution is 7.07. The summed E-state index contributed by atoms with van der Waals surface area (Å²) in [6.45, 7) is 0.117. The molecule has 0 radical (unpaired) electrons. The van der Waals surface area contributed by atoms with Gasteiger partial charge in [0.1, 0.15) is 0 Å². The Morgan fingerprint density at radius 3 is 3.00 bits per heavy atom. The predicted molar refractivity (Wildman–Crippen MR) is 92.8 cm³/mol. The number of fused-ring (bicyclic) bond motifs is 1. The lowest BCUT2D eigenvalue weighted by Gasteiger charge is -2.00. The summed E-state index contributed by atoms with van der Waals surface area (Å²) in [7, 11) is 0. The smallest absolute Gasteiger partial charge is 0.266 e. The maximum atomic E-state index is 12.1. The molecule has 0 fully saturated rings. The molecule has 0 unspecified atom stereocenters. The van der Waals surface area contributed by atoms with Crippen molar-refractivity contribution in [3.05, 3.63) is 66.4 Å². The number of carbonyl (C=O) groups is 1. The van der Waals surface area contributed by atoms with Crippen LogP contribution in [-0.4, -0.2) is 17.6 Å². The zero-order chi connectivity index (χ0) is 17.4. The molecule has 6 nitrogen and oxygen atoms in total. The Morgan fingerprint density at radius 2 is 2.20 bits per heavy atom. The van der Waals surface area contributed by atoms with E-state index < -0.39 is 0 Å². The third-order valence-electron chi connectivity index (χ3n) is 3.45. The minimum absolute atomic E-state index is 0.117. The van der Waals surface area contributed by atoms with Crippen LogP contribution < -0.4 is 24.2 Å². The zero-order valence-electron chi connectivity index (χ0n) is 12.6. The first-order valence-electron chi connectivity index (χ1n) is 7.20. The molecule has 3 aromatic rings. The van der Waals surface area contributed by atoms with Crippen LogP contribution in [-0.2, 0) is 0 Å². The van der Waals surface area contributed by atoms with E-state index in [1.165, 1.54) is 12.3 Å². The highest BCUT2D eigenvalue weighted by atomic mass is 35.5. The van der Waals surface area contributed by atoms with E-state index in [4.69, 9.17) is 25.5 Å². The van der Waals surface area contributed by atoms with Gasteiger partial charge in [-0.3, -0.25) is 9.59 Å². The standard InChI is InChI=1S/C17H10ClNO5S/c18-10-4-9(5-13-16(10)24-8-23-13)6-14-17(21)19-15(25-14)7-11(20)12-2-1-3-22-12/h1-7H,8H2,(H,19,21). The number of ketones is 1. The van der Waals surface area contributed by atoms with E-state index in [9.17, 15) is 9.59 Å². The Morgan fingerprint density at radius 1 is 1.32 bits per heavy atom. The fraction of sp³-hybridized carbons (Fsp3) is 0.0588. The summed E-state index contributed by atoms with van der Waals surface area (Å²) in [6, 6.07) is 6.61. The predicted octanol–water partition coefficient (Wildman–Crippen LogP) is 1.90. The molecule has 0 saturated carbocycles. The average molecular weight is 376 g/mol. The Kier molecular flexibility index (Phi) is 3.95. The fourth-order valence-corrected chi connectivity index (χ4v) is 3.51. The van der Waals surface area contributed by atoms with E-state index in [0.717, 1.165) is 11.3 Å². The van der Waals surface area contributed by atoms with Crippen molar-refractivity contribution in [2.45, 2.75) is 0 Å². The van der Waals surface area contributed by atoms with Crippen LogP contribution in [0, 0.1) is 0 Å². The van der Waals surface area contributed by atoms with Gasteiger partial charge in [-0.2, -0.15) is 0 Å². The second-order valence-corrected chi connectivity index (χ2v) is 6.64. The third kappa shape index (κ3) is 3.11. The van der Waals surface area contributed by atoms with E-state index in [-0.39, 0.29) is 23.9 Å². The summed E-state index contributed by atoms with van der Waals surface area (Å²) in [6.07, 6.45) is 4.42. The van der Waals surface area contributed by atoms with Gasteiger partial charge in [0.05, 0.1) is 20.5 Å². The summed E-state index contributed by atoms with van der Waals surface area (Å²) in [5.74, 6) is 0.922. The molecule has 0 spiro atoms. The number of H-pyrrole nitrogens is 1. The normalized spacial score (nSPS) is 14.3. The van der Waals surface area contributed by atoms with Crippen LogP contribution in [0.3, 0.4) is 0 Å². The SMILES string of the molecule is O=C(C=c1[nH]c(=O)c(=Cc2cc(Cl)c3c(c2)OCO3)s1)c1ccco1. The minimum Gasteiger partial charge on any atom is -0.461 e. The van der Waals surface area contributed by atoms with Gasteiger partial charge in [0.25, 0.3) is 5.56 Å². The summed E-state index contributed by atoms with van der Waals surface area (Å²) < 4.78 is 16.5. The Balaban J connectivity index is 1.74. The van der Waals surface area contributed by atoms with Crippen molar-refractivity contribution in [2.75, 3.05) is 6.79 Å². The average Bonchev–Trinajstić information content (AvgIpc) is 3.29. The number of benzene rings is 1. The molecule has 0 saturated heterocycles. The molecule has 1 aliphatic rings. The van der Waals surface area contributed by atoms with Crippen LogP contribution in [0.5, 0.6) is 11.5 Å². The second kappa shape index (κ2) is 6.27. The molecule has 0 aliphatic carbocycles. The van der Waals surface area contributed by atoms with Crippen LogP contribution in [0.4, 0.5) is 0 Å². The lowest BCUT2D eigenvalue weighted by atomic mass is 10.2. The molecule has 126 valence electrons. The first kappa shape index (κ1) is 15.7. The lowest BCUT2D eigenvalue weighted by Crippen LogP contribution is -2.20. The van der Waals surface area contributed by atoms with Gasteiger partial charge < -0.3 is 18.9 Å². The molecule has 4 rings (SSSR count). The topological polar surface area (TPSA) is 81.5 Å². The number of carbonyl (C=O) groups excluding carboxylic acids is 1. The number of thiazole rings is 1. The van der Waals surface area contributed by atoms with Crippen molar-refractivity contribution in [3.8, 4) is 11.5 Å². The minimum atomic E-state index is -0.319. The van der Waals surface area contributed by atoms with Crippen LogP contribution in [0.15, 0.2) is 39.7 Å². The molecule has 25 heavy (non-hydrogen) atoms. The number of Topliss-reactive ketones (excluding diaryl/α,β-unsaturated/α-hetero) is 1. The van der Waals surface area contributed by atoms with Gasteiger partial charge in [-0.1, -0.05) is 11.6 Å². The number of nitrogens with one attached hydrogen (secondary N) is 1. The Labute approximate surface area is 149 Å². The Bertz CT molecular complexity index is 1130. The molecular weight excluding hydrogens is 366 g/mol. The van der Waals surface area contributed by atoms with Gasteiger partial charge in [0, 0.05) is 6.08 Å². The largest absolute Gasteiger partial charge is 0.461 e. The van der Waals surface area contributed by atoms with E-state index in [2.05, 4.69) is 4.98 Å². The van der Waals surface area contributed by atoms with Gasteiger partial charge >= 0.3 is 0 Å². The van der Waals surface area contributed by atoms with Crippen LogP contribution in [0.2, 0.25) is 5.02 Å². The summed E-state index contributed by atoms with van der Waals surface area (Å²) in [5.41, 5.74) is 0.405. The fourth-order valence-electron chi connectivity index (χ4n) is 2.36. The number of ether oxygens (including phenoxy) is 2. The Hall–Kier alpha value is -2.77. The van der Waals surface area contributed by atoms with Gasteiger partial charge in [0.15, 0.2) is 17.3 Å². The van der Waals surface area contributed by atoms with E-state index in [1.807, 2.05) is 0 Å². The van der Waals surface area contributed by atoms with Crippen LogP contribution >= 0.6 is 22.9 Å². The molecule has 0 bridgehead atoms. The molecule has 1 N–H and O–H groups in total. The molecule has 2 aromatic heterocycles. The molecule has 3 heterocycles. The van der Waals surface area contributed by atoms with Crippen LogP contribution in [0.25, 0.3) is 12.2 Å². The highest BCUT2D eigenvalue weighted by Crippen LogP contribution is 2.39. The number of furan rings is 1. The lowest BCUT2D eigenvalue weighted by molar-refractivity contribution is 0.103. The molecular formula is C17H10ClNO5S. The van der Waals surface area contributed by atoms with Crippen LogP contribution in [0.1, 0.15) is 16.1 Å². The van der Waals surface area contributed by atoms with Gasteiger partial charge in [0.2, 0.25) is 12.6 Å². The maximum absolute atomic E-state index is 12.1. The number of halogens is 1. The zero-order valence-corrected chi connectivity index (χ0v) is 14.1. The van der Waals surface area contributed by atoms with Gasteiger partial charge in [-0.05, 0) is 35.9 Å². The monoisotopic (exact) mass is 375 g/mol. The van der Waals surface area contributed by atoms with Gasteiger partial charge in [-0.25, -0.2) is 0 Å². The first-order valence-corrected chi connectivity index (χ1v) is 8.39. The molecule has 0 atom stereocenters. The van der Waals surface area contributed by atoms with Crippen molar-refractivity contribution in [1.82, 2.24) is 4.98 Å². The maximum Gasteiger partial charge on any atom is 0.266 e. The second-order valence-electron chi connectivity index (χ2n) is 5.15. The third-order valence-corrected chi connectivity index (χ3v) is 4.70. The summed E-state index contributed by atoms with van der Waals surface area (Å²) in [4.78, 5) is 26.8. The molecule has 1 aliphatic heterocycles. The van der Waals surface area contributed by atoms with Crippen molar-refractivity contribution >= 4 is 40.9 Å². The van der Waals surface area contributed by atoms with Gasteiger partial charge in [-0.15, -0.1) is 11.3 Å². The van der Waals surface area contributed by atoms with E-state index in [0.29, 0.717) is 31.3 Å². The number of hydrogen-bond acceptors (Lipinski definition) is 6. The van der Waals surface area contributed by atoms with Crippen molar-refractivity contribution in [3.63, 3.8) is 0 Å². The first-order chi connectivity index (χ1) is 12.1. The van der Waals surface area contributed by atoms with Crippen molar-refractivity contribution in [2.24, 2.45) is 0 Å². The summed E-state index contributed by atoms with van der Waals surface area (Å²) in [5, 5.41) is 0.411.